The second-order valence-electron chi connectivity index (χ2n) is 8.68. The third-order valence-corrected chi connectivity index (χ3v) is 8.95. The van der Waals surface area contributed by atoms with Crippen LogP contribution in [0, 0.1) is 13.8 Å². The van der Waals surface area contributed by atoms with Gasteiger partial charge in [0.2, 0.25) is 5.88 Å². The predicted molar refractivity (Wildman–Crippen MR) is 117 cm³/mol. The molecule has 10 heteroatoms. The third-order valence-electron chi connectivity index (χ3n) is 5.74. The minimum absolute atomic E-state index is 0.0149. The maximum Gasteiger partial charge on any atom is 0.310 e. The minimum atomic E-state index is -3.87. The fourth-order valence-corrected chi connectivity index (χ4v) is 7.49. The van der Waals surface area contributed by atoms with E-state index in [2.05, 4.69) is 5.10 Å². The molecule has 2 aromatic rings. The summed E-state index contributed by atoms with van der Waals surface area (Å²) in [5.74, 6) is -0.734. The Balaban J connectivity index is 2.19. The van der Waals surface area contributed by atoms with Crippen molar-refractivity contribution in [2.75, 3.05) is 11.5 Å². The van der Waals surface area contributed by atoms with Crippen molar-refractivity contribution in [1.29, 1.82) is 0 Å². The maximum atomic E-state index is 13.5. The van der Waals surface area contributed by atoms with Gasteiger partial charge in [-0.15, -0.1) is 0 Å². The molecule has 0 saturated heterocycles. The van der Waals surface area contributed by atoms with Crippen molar-refractivity contribution in [3.63, 3.8) is 0 Å². The van der Waals surface area contributed by atoms with Crippen LogP contribution in [-0.2, 0) is 32.4 Å². The van der Waals surface area contributed by atoms with E-state index in [1.165, 1.54) is 17.9 Å². The molecule has 0 fully saturated rings. The number of carbonyl (C=O) groups is 1. The summed E-state index contributed by atoms with van der Waals surface area (Å²) in [4.78, 5) is 13.8. The Hall–Kier alpha value is -2.20. The summed E-state index contributed by atoms with van der Waals surface area (Å²) in [6.45, 7) is 9.07. The summed E-state index contributed by atoms with van der Waals surface area (Å²) < 4.78 is 56.3. The van der Waals surface area contributed by atoms with E-state index in [-0.39, 0.29) is 22.9 Å². The van der Waals surface area contributed by atoms with Gasteiger partial charge in [0, 0.05) is 12.6 Å². The summed E-state index contributed by atoms with van der Waals surface area (Å²) in [6.07, 6.45) is 2.10. The molecule has 2 heterocycles. The molecule has 0 saturated carbocycles. The van der Waals surface area contributed by atoms with Gasteiger partial charge in [0.25, 0.3) is 0 Å². The Morgan fingerprint density at radius 1 is 1.26 bits per heavy atom. The molecule has 31 heavy (non-hydrogen) atoms. The van der Waals surface area contributed by atoms with Crippen molar-refractivity contribution in [3.05, 3.63) is 40.1 Å². The number of aromatic nitrogens is 2. The fraction of sp³-hybridized carbons (Fsp3) is 0.524. The first-order valence-corrected chi connectivity index (χ1v) is 13.3. The van der Waals surface area contributed by atoms with Crippen LogP contribution in [0.25, 0.3) is 0 Å². The van der Waals surface area contributed by atoms with E-state index in [0.29, 0.717) is 40.0 Å². The molecule has 1 aromatic heterocycles. The first kappa shape index (κ1) is 23.5. The van der Waals surface area contributed by atoms with Crippen molar-refractivity contribution in [1.82, 2.24) is 9.78 Å². The van der Waals surface area contributed by atoms with Gasteiger partial charge in [0.15, 0.2) is 15.6 Å². The predicted octanol–water partition coefficient (Wildman–Crippen LogP) is 2.84. The van der Waals surface area contributed by atoms with E-state index < -0.39 is 31.2 Å². The Morgan fingerprint density at radius 2 is 1.90 bits per heavy atom. The highest BCUT2D eigenvalue weighted by Crippen LogP contribution is 2.43. The quantitative estimate of drug-likeness (QED) is 0.473. The van der Waals surface area contributed by atoms with Crippen LogP contribution in [0.3, 0.4) is 0 Å². The smallest absolute Gasteiger partial charge is 0.310 e. The van der Waals surface area contributed by atoms with Crippen LogP contribution < -0.4 is 4.18 Å². The molecule has 3 rings (SSSR count). The van der Waals surface area contributed by atoms with Gasteiger partial charge in [-0.3, -0.25) is 4.79 Å². The van der Waals surface area contributed by atoms with E-state index in [0.717, 1.165) is 0 Å². The van der Waals surface area contributed by atoms with Crippen molar-refractivity contribution in [3.8, 4) is 5.88 Å². The number of hydrogen-bond acceptors (Lipinski definition) is 7. The molecule has 0 bridgehead atoms. The summed E-state index contributed by atoms with van der Waals surface area (Å²) in [5, 5.41) is 4.01. The molecule has 0 aliphatic carbocycles. The first-order chi connectivity index (χ1) is 14.2. The van der Waals surface area contributed by atoms with Gasteiger partial charge in [-0.1, -0.05) is 20.8 Å². The van der Waals surface area contributed by atoms with Gasteiger partial charge in [-0.25, -0.2) is 13.1 Å². The summed E-state index contributed by atoms with van der Waals surface area (Å²) in [7, 11) is -5.82. The number of nitrogens with zero attached hydrogens (tertiary/aromatic N) is 2. The minimum Gasteiger partial charge on any atom is -0.361 e. The van der Waals surface area contributed by atoms with Crippen molar-refractivity contribution in [2.45, 2.75) is 57.8 Å². The summed E-state index contributed by atoms with van der Waals surface area (Å²) >= 11 is 0. The largest absolute Gasteiger partial charge is 0.361 e. The van der Waals surface area contributed by atoms with E-state index >= 15 is 0 Å². The van der Waals surface area contributed by atoms with Crippen molar-refractivity contribution in [2.24, 2.45) is 7.05 Å². The number of aryl methyl sites for hydroxylation is 2. The third kappa shape index (κ3) is 4.15. The standard InChI is InChI=1S/C21H28N2O6S2/c1-7-9-31(27,28)29-20-16(12-22-23(20)6)18(24)15-11-13(2)19-17(14(15)3)21(4,5)8-10-30(19,25)26/h11-12H,7-10H2,1-6H3. The van der Waals surface area contributed by atoms with Gasteiger partial charge < -0.3 is 4.18 Å². The molecular weight excluding hydrogens is 440 g/mol. The highest BCUT2D eigenvalue weighted by Gasteiger charge is 2.39. The molecule has 1 aliphatic heterocycles. The second-order valence-corrected chi connectivity index (χ2v) is 12.4. The zero-order valence-corrected chi connectivity index (χ0v) is 20.3. The van der Waals surface area contributed by atoms with E-state index in [9.17, 15) is 21.6 Å². The zero-order valence-electron chi connectivity index (χ0n) is 18.6. The molecule has 0 unspecified atom stereocenters. The number of ketones is 1. The van der Waals surface area contributed by atoms with Crippen LogP contribution in [0.5, 0.6) is 5.88 Å². The van der Waals surface area contributed by atoms with Crippen molar-refractivity contribution < 1.29 is 25.8 Å². The number of sulfone groups is 1. The lowest BCUT2D eigenvalue weighted by Gasteiger charge is -2.35. The van der Waals surface area contributed by atoms with E-state index in [1.54, 1.807) is 26.8 Å². The van der Waals surface area contributed by atoms with Gasteiger partial charge in [-0.05, 0) is 54.9 Å². The van der Waals surface area contributed by atoms with Gasteiger partial charge in [0.05, 0.1) is 22.6 Å². The Bertz CT molecular complexity index is 1270. The molecule has 170 valence electrons. The average molecular weight is 469 g/mol. The van der Waals surface area contributed by atoms with Crippen LogP contribution in [-0.4, -0.2) is 43.9 Å². The monoisotopic (exact) mass is 468 g/mol. The van der Waals surface area contributed by atoms with Crippen LogP contribution in [0.1, 0.15) is 66.2 Å². The Labute approximate surface area is 183 Å². The van der Waals surface area contributed by atoms with Crippen LogP contribution >= 0.6 is 0 Å². The number of fused-ring (bicyclic) bond motifs is 1. The number of hydrogen-bond donors (Lipinski definition) is 0. The highest BCUT2D eigenvalue weighted by atomic mass is 32.2. The Morgan fingerprint density at radius 3 is 2.52 bits per heavy atom. The lowest BCUT2D eigenvalue weighted by molar-refractivity contribution is 0.103. The van der Waals surface area contributed by atoms with Gasteiger partial charge in [-0.2, -0.15) is 13.5 Å². The van der Waals surface area contributed by atoms with Crippen LogP contribution in [0.2, 0.25) is 0 Å². The second kappa shape index (κ2) is 7.74. The lowest BCUT2D eigenvalue weighted by Crippen LogP contribution is -2.33. The summed E-state index contributed by atoms with van der Waals surface area (Å²) in [5.41, 5.74) is 1.62. The summed E-state index contributed by atoms with van der Waals surface area (Å²) in [6, 6.07) is 1.56. The van der Waals surface area contributed by atoms with Gasteiger partial charge in [0.1, 0.15) is 5.56 Å². The van der Waals surface area contributed by atoms with E-state index in [4.69, 9.17) is 4.18 Å². The normalized spacial score (nSPS) is 17.2. The number of benzene rings is 1. The molecule has 8 nitrogen and oxygen atoms in total. The maximum absolute atomic E-state index is 13.5. The molecule has 0 amide bonds. The zero-order chi connectivity index (χ0) is 23.4. The molecule has 0 atom stereocenters. The number of rotatable bonds is 6. The molecule has 1 aromatic carbocycles. The lowest BCUT2D eigenvalue weighted by atomic mass is 9.77. The van der Waals surface area contributed by atoms with E-state index in [1.807, 2.05) is 13.8 Å². The van der Waals surface area contributed by atoms with Crippen LogP contribution in [0.4, 0.5) is 0 Å². The molecular formula is C21H28N2O6S2. The number of carbonyl (C=O) groups excluding carboxylic acids is 1. The Kier molecular flexibility index (Phi) is 5.86. The SMILES string of the molecule is CCCS(=O)(=O)Oc1c(C(=O)c2cc(C)c3c(c2C)C(C)(C)CCS3(=O)=O)cnn1C. The molecule has 0 spiro atoms. The molecule has 0 N–H and O–H groups in total. The van der Waals surface area contributed by atoms with Gasteiger partial charge >= 0.3 is 10.1 Å². The topological polar surface area (TPSA) is 112 Å². The highest BCUT2D eigenvalue weighted by molar-refractivity contribution is 7.91. The average Bonchev–Trinajstić information content (AvgIpc) is 2.99. The molecule has 1 aliphatic rings. The fourth-order valence-electron chi connectivity index (χ4n) is 4.20. The van der Waals surface area contributed by atoms with Crippen molar-refractivity contribution >= 4 is 25.7 Å². The first-order valence-electron chi connectivity index (χ1n) is 10.1. The van der Waals surface area contributed by atoms with Crippen LogP contribution in [0.15, 0.2) is 17.2 Å². The molecule has 0 radical (unpaired) electrons.